The maximum atomic E-state index is 12.0. The summed E-state index contributed by atoms with van der Waals surface area (Å²) in [5.41, 5.74) is -0.441. The number of hydrogen-bond acceptors (Lipinski definition) is 3. The highest BCUT2D eigenvalue weighted by Gasteiger charge is 2.31. The normalized spacial score (nSPS) is 22.2. The minimum absolute atomic E-state index is 0.187. The molecule has 4 nitrogen and oxygen atoms in total. The lowest BCUT2D eigenvalue weighted by Gasteiger charge is -2.30. The van der Waals surface area contributed by atoms with Gasteiger partial charge in [0.15, 0.2) is 0 Å². The lowest BCUT2D eigenvalue weighted by atomic mass is 9.94. The number of rotatable bonds is 7. The van der Waals surface area contributed by atoms with Crippen molar-refractivity contribution in [2.45, 2.75) is 104 Å². The lowest BCUT2D eigenvalue weighted by molar-refractivity contribution is 0.0496. The molecule has 0 aromatic carbocycles. The Hall–Kier alpha value is -0.770. The molecule has 2 unspecified atom stereocenters. The Bertz CT molecular complexity index is 351. The average molecular weight is 327 g/mol. The lowest BCUT2D eigenvalue weighted by Crippen LogP contribution is -2.51. The van der Waals surface area contributed by atoms with E-state index in [1.165, 1.54) is 12.8 Å². The molecule has 0 saturated heterocycles. The van der Waals surface area contributed by atoms with Crippen molar-refractivity contribution in [1.29, 1.82) is 0 Å². The first kappa shape index (κ1) is 20.3. The second-order valence-electron chi connectivity index (χ2n) is 8.91. The van der Waals surface area contributed by atoms with Crippen molar-refractivity contribution in [3.05, 3.63) is 0 Å². The van der Waals surface area contributed by atoms with Gasteiger partial charge in [0.05, 0.1) is 0 Å². The summed E-state index contributed by atoms with van der Waals surface area (Å²) in [6, 6.07) is 1.08. The smallest absolute Gasteiger partial charge is 0.407 e. The van der Waals surface area contributed by atoms with Crippen molar-refractivity contribution in [2.24, 2.45) is 11.8 Å². The van der Waals surface area contributed by atoms with Crippen molar-refractivity contribution >= 4 is 6.09 Å². The van der Waals surface area contributed by atoms with E-state index in [0.717, 1.165) is 19.3 Å². The fourth-order valence-corrected chi connectivity index (χ4v) is 3.46. The van der Waals surface area contributed by atoms with E-state index in [9.17, 15) is 4.79 Å². The third-order valence-corrected chi connectivity index (χ3v) is 4.18. The second kappa shape index (κ2) is 8.91. The van der Waals surface area contributed by atoms with E-state index < -0.39 is 5.60 Å². The fraction of sp³-hybridized carbons (Fsp3) is 0.947. The van der Waals surface area contributed by atoms with Gasteiger partial charge in [0.25, 0.3) is 0 Å². The minimum Gasteiger partial charge on any atom is -0.444 e. The van der Waals surface area contributed by atoms with E-state index in [1.54, 1.807) is 0 Å². The number of carbonyl (C=O) groups excluding carboxylic acids is 1. The molecule has 0 spiro atoms. The van der Waals surface area contributed by atoms with Crippen molar-refractivity contribution in [3.63, 3.8) is 0 Å². The average Bonchev–Trinajstić information content (AvgIpc) is 2.71. The number of ether oxygens (including phenoxy) is 1. The first-order valence-corrected chi connectivity index (χ1v) is 9.32. The van der Waals surface area contributed by atoms with Gasteiger partial charge in [-0.3, -0.25) is 0 Å². The van der Waals surface area contributed by atoms with E-state index in [1.807, 2.05) is 20.8 Å². The molecule has 1 aliphatic carbocycles. The molecule has 136 valence electrons. The standard InChI is InChI=1S/C19H38N2O2/c1-13(2)11-15(12-14(3)4)20-16-9-8-10-17(16)21-18(22)23-19(5,6)7/h13-17,20H,8-12H2,1-7H3,(H,21,22). The molecule has 0 aromatic heterocycles. The van der Waals surface area contributed by atoms with Crippen LogP contribution in [-0.2, 0) is 4.74 Å². The SMILES string of the molecule is CC(C)CC(CC(C)C)NC1CCCC1NC(=O)OC(C)(C)C. The van der Waals surface area contributed by atoms with Crippen molar-refractivity contribution in [1.82, 2.24) is 10.6 Å². The zero-order valence-electron chi connectivity index (χ0n) is 16.2. The highest BCUT2D eigenvalue weighted by atomic mass is 16.6. The second-order valence-corrected chi connectivity index (χ2v) is 8.91. The summed E-state index contributed by atoms with van der Waals surface area (Å²) >= 11 is 0. The van der Waals surface area contributed by atoms with E-state index in [0.29, 0.717) is 23.9 Å². The molecule has 1 saturated carbocycles. The Morgan fingerprint density at radius 1 is 1.04 bits per heavy atom. The summed E-state index contributed by atoms with van der Waals surface area (Å²) in [5.74, 6) is 1.37. The number of carbonyl (C=O) groups is 1. The molecular formula is C19H38N2O2. The van der Waals surface area contributed by atoms with E-state index in [4.69, 9.17) is 4.74 Å². The van der Waals surface area contributed by atoms with Crippen LogP contribution in [0.4, 0.5) is 4.79 Å². The third kappa shape index (κ3) is 8.59. The monoisotopic (exact) mass is 326 g/mol. The van der Waals surface area contributed by atoms with Crippen LogP contribution in [0.15, 0.2) is 0 Å². The molecule has 0 aliphatic heterocycles. The number of hydrogen-bond donors (Lipinski definition) is 2. The van der Waals surface area contributed by atoms with Crippen LogP contribution in [-0.4, -0.2) is 29.8 Å². The van der Waals surface area contributed by atoms with Crippen LogP contribution in [0, 0.1) is 11.8 Å². The molecule has 4 heteroatoms. The fourth-order valence-electron chi connectivity index (χ4n) is 3.46. The van der Waals surface area contributed by atoms with E-state index >= 15 is 0 Å². The van der Waals surface area contributed by atoms with Gasteiger partial charge in [-0.05, 0) is 64.7 Å². The summed E-state index contributed by atoms with van der Waals surface area (Å²) in [5, 5.41) is 6.90. The van der Waals surface area contributed by atoms with E-state index in [2.05, 4.69) is 38.3 Å². The Morgan fingerprint density at radius 3 is 2.04 bits per heavy atom. The van der Waals surface area contributed by atoms with Crippen LogP contribution < -0.4 is 10.6 Å². The van der Waals surface area contributed by atoms with Gasteiger partial charge in [-0.2, -0.15) is 0 Å². The van der Waals surface area contributed by atoms with Gasteiger partial charge in [0, 0.05) is 18.1 Å². The van der Waals surface area contributed by atoms with Gasteiger partial charge in [-0.15, -0.1) is 0 Å². The molecule has 1 rings (SSSR count). The van der Waals surface area contributed by atoms with Gasteiger partial charge in [0.2, 0.25) is 0 Å². The number of amides is 1. The molecule has 1 amide bonds. The summed E-state index contributed by atoms with van der Waals surface area (Å²) in [4.78, 5) is 12.0. The van der Waals surface area contributed by atoms with Gasteiger partial charge in [0.1, 0.15) is 5.60 Å². The molecule has 0 bridgehead atoms. The van der Waals surface area contributed by atoms with Gasteiger partial charge in [-0.1, -0.05) is 27.7 Å². The highest BCUT2D eigenvalue weighted by Crippen LogP contribution is 2.23. The summed E-state index contributed by atoms with van der Waals surface area (Å²) in [7, 11) is 0. The van der Waals surface area contributed by atoms with Gasteiger partial charge < -0.3 is 15.4 Å². The first-order chi connectivity index (χ1) is 10.6. The van der Waals surface area contributed by atoms with Crippen molar-refractivity contribution < 1.29 is 9.53 Å². The predicted octanol–water partition coefficient (Wildman–Crippen LogP) is 4.48. The molecule has 0 heterocycles. The maximum absolute atomic E-state index is 12.0. The number of alkyl carbamates (subject to hydrolysis) is 1. The zero-order chi connectivity index (χ0) is 17.6. The Kier molecular flexibility index (Phi) is 7.85. The maximum Gasteiger partial charge on any atom is 0.407 e. The number of nitrogens with one attached hydrogen (secondary N) is 2. The topological polar surface area (TPSA) is 50.4 Å². The van der Waals surface area contributed by atoms with Crippen LogP contribution in [0.3, 0.4) is 0 Å². The third-order valence-electron chi connectivity index (χ3n) is 4.18. The summed E-state index contributed by atoms with van der Waals surface area (Å²) < 4.78 is 5.40. The predicted molar refractivity (Wildman–Crippen MR) is 96.6 cm³/mol. The molecule has 2 N–H and O–H groups in total. The Labute approximate surface area is 143 Å². The van der Waals surface area contributed by atoms with Gasteiger partial charge in [-0.25, -0.2) is 4.79 Å². The molecule has 1 fully saturated rings. The largest absolute Gasteiger partial charge is 0.444 e. The van der Waals surface area contributed by atoms with Crippen LogP contribution in [0.1, 0.15) is 80.6 Å². The summed E-state index contributed by atoms with van der Waals surface area (Å²) in [6.45, 7) is 14.8. The van der Waals surface area contributed by atoms with Crippen molar-refractivity contribution in [3.8, 4) is 0 Å². The minimum atomic E-state index is -0.441. The highest BCUT2D eigenvalue weighted by molar-refractivity contribution is 5.68. The van der Waals surface area contributed by atoms with Crippen LogP contribution in [0.5, 0.6) is 0 Å². The molecule has 1 aliphatic rings. The Balaban J connectivity index is 2.57. The first-order valence-electron chi connectivity index (χ1n) is 9.32. The van der Waals surface area contributed by atoms with Crippen LogP contribution in [0.25, 0.3) is 0 Å². The molecule has 2 atom stereocenters. The Morgan fingerprint density at radius 2 is 1.57 bits per heavy atom. The van der Waals surface area contributed by atoms with E-state index in [-0.39, 0.29) is 12.1 Å². The van der Waals surface area contributed by atoms with Crippen molar-refractivity contribution in [2.75, 3.05) is 0 Å². The molecule has 23 heavy (non-hydrogen) atoms. The van der Waals surface area contributed by atoms with Crippen LogP contribution in [0.2, 0.25) is 0 Å². The summed E-state index contributed by atoms with van der Waals surface area (Å²) in [6.07, 6.45) is 5.41. The molecule has 0 radical (unpaired) electrons. The zero-order valence-corrected chi connectivity index (χ0v) is 16.2. The van der Waals surface area contributed by atoms with Gasteiger partial charge >= 0.3 is 6.09 Å². The molecule has 0 aromatic rings. The quantitative estimate of drug-likeness (QED) is 0.725. The molecular weight excluding hydrogens is 288 g/mol. The van der Waals surface area contributed by atoms with Crippen LogP contribution >= 0.6 is 0 Å².